The molecule has 28 heavy (non-hydrogen) atoms. The van der Waals surface area contributed by atoms with Gasteiger partial charge in [0.05, 0.1) is 16.3 Å². The van der Waals surface area contributed by atoms with Gasteiger partial charge < -0.3 is 10.4 Å². The molecule has 5 nitrogen and oxygen atoms in total. The summed E-state index contributed by atoms with van der Waals surface area (Å²) in [6.45, 7) is 3.06. The van der Waals surface area contributed by atoms with Crippen molar-refractivity contribution >= 4 is 35.1 Å². The lowest BCUT2D eigenvalue weighted by atomic mass is 10.0. The van der Waals surface area contributed by atoms with Gasteiger partial charge in [-0.25, -0.2) is 4.79 Å². The van der Waals surface area contributed by atoms with Crippen molar-refractivity contribution in [2.45, 2.75) is 25.0 Å². The highest BCUT2D eigenvalue weighted by Crippen LogP contribution is 2.34. The number of nitrogens with zero attached hydrogens (tertiary/aromatic N) is 1. The fourth-order valence-corrected chi connectivity index (χ4v) is 2.66. The average molecular weight is 435 g/mol. The number of halogens is 5. The number of hydrogen-bond acceptors (Lipinski definition) is 3. The second-order valence-corrected chi connectivity index (χ2v) is 7.26. The molecule has 1 unspecified atom stereocenters. The zero-order valence-corrected chi connectivity index (χ0v) is 16.2. The number of rotatable bonds is 5. The third kappa shape index (κ3) is 4.56. The number of carboxylic acids is 1. The number of alkyl halides is 4. The highest BCUT2D eigenvalue weighted by atomic mass is 35.5. The molecule has 0 bridgehead atoms. The molecule has 1 atom stereocenters. The van der Waals surface area contributed by atoms with Crippen LogP contribution in [0.4, 0.5) is 13.2 Å². The van der Waals surface area contributed by atoms with Crippen LogP contribution in [0.15, 0.2) is 36.5 Å². The number of carbonyl (C=O) groups is 2. The van der Waals surface area contributed by atoms with Crippen LogP contribution in [0.3, 0.4) is 0 Å². The minimum absolute atomic E-state index is 0.0437. The fraction of sp³-hybridized carbons (Fsp3) is 0.278. The first-order valence-corrected chi connectivity index (χ1v) is 8.70. The van der Waals surface area contributed by atoms with Crippen molar-refractivity contribution in [2.24, 2.45) is 5.92 Å². The van der Waals surface area contributed by atoms with Crippen LogP contribution in [0.5, 0.6) is 0 Å². The molecule has 1 amide bonds. The van der Waals surface area contributed by atoms with Gasteiger partial charge in [0.15, 0.2) is 0 Å². The van der Waals surface area contributed by atoms with Crippen LogP contribution < -0.4 is 5.32 Å². The molecular weight excluding hydrogens is 420 g/mol. The maximum atomic E-state index is 12.7. The summed E-state index contributed by atoms with van der Waals surface area (Å²) >= 11 is 12.0. The minimum atomic E-state index is -4.59. The number of carboxylic acid groups (broad SMARTS) is 1. The second-order valence-electron chi connectivity index (χ2n) is 6.26. The zero-order chi connectivity index (χ0) is 21.3. The fourth-order valence-electron chi connectivity index (χ4n) is 2.30. The van der Waals surface area contributed by atoms with Gasteiger partial charge in [-0.3, -0.25) is 9.78 Å². The molecule has 0 aliphatic heterocycles. The number of benzene rings is 1. The monoisotopic (exact) mass is 434 g/mol. The first-order valence-electron chi connectivity index (χ1n) is 7.94. The average Bonchev–Trinajstić information content (AvgIpc) is 2.60. The van der Waals surface area contributed by atoms with E-state index in [0.29, 0.717) is 6.20 Å². The van der Waals surface area contributed by atoms with Gasteiger partial charge in [0.25, 0.3) is 5.91 Å². The number of amides is 1. The van der Waals surface area contributed by atoms with Crippen LogP contribution in [-0.4, -0.2) is 27.0 Å². The lowest BCUT2D eigenvalue weighted by molar-refractivity contribution is -0.142. The van der Waals surface area contributed by atoms with Crippen molar-refractivity contribution in [3.8, 4) is 11.3 Å². The molecule has 0 aliphatic carbocycles. The SMILES string of the molecule is CC(C)C(Cl)(NC(=O)c1cccc(-c2ncc(C(F)(F)F)cc2Cl)c1)C(=O)O. The van der Waals surface area contributed by atoms with Crippen molar-refractivity contribution in [3.05, 3.63) is 52.7 Å². The Balaban J connectivity index is 2.37. The van der Waals surface area contributed by atoms with Gasteiger partial charge in [-0.15, -0.1) is 0 Å². The number of aromatic nitrogens is 1. The Labute approximate surface area is 168 Å². The van der Waals surface area contributed by atoms with Crippen LogP contribution >= 0.6 is 23.2 Å². The van der Waals surface area contributed by atoms with Crippen molar-refractivity contribution in [2.75, 3.05) is 0 Å². The van der Waals surface area contributed by atoms with E-state index in [9.17, 15) is 27.9 Å². The molecule has 2 N–H and O–H groups in total. The molecule has 1 heterocycles. The summed E-state index contributed by atoms with van der Waals surface area (Å²) < 4.78 is 38.2. The Kier molecular flexibility index (Phi) is 6.25. The van der Waals surface area contributed by atoms with E-state index in [1.54, 1.807) is 0 Å². The van der Waals surface area contributed by atoms with Gasteiger partial charge >= 0.3 is 12.1 Å². The Hall–Kier alpha value is -2.32. The third-order valence-corrected chi connectivity index (χ3v) is 4.95. The Morgan fingerprint density at radius 2 is 1.86 bits per heavy atom. The van der Waals surface area contributed by atoms with Crippen LogP contribution in [0.2, 0.25) is 5.02 Å². The summed E-state index contributed by atoms with van der Waals surface area (Å²) in [7, 11) is 0. The maximum Gasteiger partial charge on any atom is 0.417 e. The lowest BCUT2D eigenvalue weighted by Crippen LogP contribution is -2.53. The van der Waals surface area contributed by atoms with E-state index in [-0.39, 0.29) is 21.8 Å². The Morgan fingerprint density at radius 3 is 2.36 bits per heavy atom. The van der Waals surface area contributed by atoms with Gasteiger partial charge in [-0.1, -0.05) is 49.2 Å². The van der Waals surface area contributed by atoms with E-state index < -0.39 is 34.5 Å². The first kappa shape index (κ1) is 22.0. The van der Waals surface area contributed by atoms with Crippen LogP contribution in [0.1, 0.15) is 29.8 Å². The summed E-state index contributed by atoms with van der Waals surface area (Å²) in [4.78, 5) is 25.6. The van der Waals surface area contributed by atoms with Gasteiger partial charge in [0.1, 0.15) is 0 Å². The molecule has 2 aromatic rings. The van der Waals surface area contributed by atoms with E-state index in [1.165, 1.54) is 38.1 Å². The third-order valence-electron chi connectivity index (χ3n) is 3.97. The van der Waals surface area contributed by atoms with E-state index in [1.807, 2.05) is 0 Å². The van der Waals surface area contributed by atoms with Crippen molar-refractivity contribution in [1.82, 2.24) is 10.3 Å². The minimum Gasteiger partial charge on any atom is -0.479 e. The molecular formula is C18H15Cl2F3N2O3. The van der Waals surface area contributed by atoms with E-state index in [0.717, 1.165) is 6.07 Å². The van der Waals surface area contributed by atoms with E-state index in [4.69, 9.17) is 23.2 Å². The van der Waals surface area contributed by atoms with Crippen LogP contribution in [0.25, 0.3) is 11.3 Å². The lowest BCUT2D eigenvalue weighted by Gasteiger charge is -2.27. The Bertz CT molecular complexity index is 919. The van der Waals surface area contributed by atoms with Crippen molar-refractivity contribution in [3.63, 3.8) is 0 Å². The van der Waals surface area contributed by atoms with Crippen molar-refractivity contribution in [1.29, 1.82) is 0 Å². The van der Waals surface area contributed by atoms with Crippen LogP contribution in [0, 0.1) is 5.92 Å². The molecule has 0 saturated heterocycles. The van der Waals surface area contributed by atoms with Gasteiger partial charge in [0.2, 0.25) is 5.00 Å². The van der Waals surface area contributed by atoms with E-state index in [2.05, 4.69) is 10.3 Å². The summed E-state index contributed by atoms with van der Waals surface area (Å²) in [6.07, 6.45) is -3.95. The zero-order valence-electron chi connectivity index (χ0n) is 14.6. The first-order chi connectivity index (χ1) is 12.9. The molecule has 10 heteroatoms. The number of hydrogen-bond donors (Lipinski definition) is 2. The van der Waals surface area contributed by atoms with Gasteiger partial charge in [-0.2, -0.15) is 13.2 Å². The summed E-state index contributed by atoms with van der Waals surface area (Å²) in [6, 6.07) is 6.44. The molecule has 2 rings (SSSR count). The molecule has 1 aromatic carbocycles. The quantitative estimate of drug-likeness (QED) is 0.521. The number of nitrogens with one attached hydrogen (secondary N) is 1. The van der Waals surface area contributed by atoms with Crippen LogP contribution in [-0.2, 0) is 11.0 Å². The molecule has 0 spiro atoms. The highest BCUT2D eigenvalue weighted by Gasteiger charge is 2.41. The standard InChI is InChI=1S/C18H15Cl2F3N2O3/c1-9(2)17(20,16(27)28)25-15(26)11-5-3-4-10(6-11)14-13(19)7-12(8-24-14)18(21,22)23/h3-9H,1-2H3,(H,25,26)(H,27,28). The molecule has 0 fully saturated rings. The second kappa shape index (κ2) is 7.97. The summed E-state index contributed by atoms with van der Waals surface area (Å²) in [5.41, 5.74) is -0.627. The molecule has 0 aliphatic rings. The predicted molar refractivity (Wildman–Crippen MR) is 98.2 cm³/mol. The predicted octanol–water partition coefficient (Wildman–Crippen LogP) is 4.83. The Morgan fingerprint density at radius 1 is 1.21 bits per heavy atom. The largest absolute Gasteiger partial charge is 0.479 e. The molecule has 150 valence electrons. The summed E-state index contributed by atoms with van der Waals surface area (Å²) in [5, 5.41) is 11.3. The number of pyridine rings is 1. The molecule has 0 saturated carbocycles. The number of carbonyl (C=O) groups excluding carboxylic acids is 1. The van der Waals surface area contributed by atoms with Gasteiger partial charge in [0, 0.05) is 23.2 Å². The van der Waals surface area contributed by atoms with Gasteiger partial charge in [-0.05, 0) is 18.2 Å². The number of aliphatic carboxylic acids is 1. The van der Waals surface area contributed by atoms with E-state index >= 15 is 0 Å². The molecule has 1 aromatic heterocycles. The van der Waals surface area contributed by atoms with Crippen molar-refractivity contribution < 1.29 is 27.9 Å². The maximum absolute atomic E-state index is 12.7. The normalized spacial score (nSPS) is 13.9. The summed E-state index contributed by atoms with van der Waals surface area (Å²) in [5.74, 6) is -2.80. The smallest absolute Gasteiger partial charge is 0.417 e. The topological polar surface area (TPSA) is 79.3 Å². The molecule has 0 radical (unpaired) electrons. The highest BCUT2D eigenvalue weighted by molar-refractivity contribution is 6.35.